The van der Waals surface area contributed by atoms with E-state index in [1.807, 2.05) is 24.0 Å². The van der Waals surface area contributed by atoms with Crippen LogP contribution in [-0.2, 0) is 9.53 Å². The highest BCUT2D eigenvalue weighted by Gasteiger charge is 2.53. The highest BCUT2D eigenvalue weighted by Crippen LogP contribution is 2.44. The summed E-state index contributed by atoms with van der Waals surface area (Å²) in [5.74, 6) is -3.08. The number of aromatic carboxylic acids is 1. The fraction of sp³-hybridized carbons (Fsp3) is 0.250. The first-order valence-corrected chi connectivity index (χ1v) is 10.6. The Morgan fingerprint density at radius 2 is 2.16 bits per heavy atom. The predicted molar refractivity (Wildman–Crippen MR) is 121 cm³/mol. The Kier molecular flexibility index (Phi) is 5.38. The summed E-state index contributed by atoms with van der Waals surface area (Å²) in [7, 11) is 1.39. The lowest BCUT2D eigenvalue weighted by Gasteiger charge is -2.43. The van der Waals surface area contributed by atoms with Crippen LogP contribution in [0.4, 0.5) is 16.5 Å². The molecule has 1 aliphatic rings. The van der Waals surface area contributed by atoms with E-state index in [1.165, 1.54) is 30.6 Å². The number of hydrogen-bond acceptors (Lipinski definition) is 8. The van der Waals surface area contributed by atoms with Gasteiger partial charge in [-0.05, 0) is 43.3 Å². The Bertz CT molecular complexity index is 1190. The van der Waals surface area contributed by atoms with E-state index in [0.717, 1.165) is 10.2 Å². The molecule has 5 N–H and O–H groups in total. The van der Waals surface area contributed by atoms with Crippen molar-refractivity contribution in [3.05, 3.63) is 47.0 Å². The number of methoxy groups -OCH3 is 1. The van der Waals surface area contributed by atoms with Crippen LogP contribution in [0.2, 0.25) is 5.02 Å². The molecule has 11 heteroatoms. The first-order chi connectivity index (χ1) is 14.8. The number of amides is 1. The van der Waals surface area contributed by atoms with E-state index in [0.29, 0.717) is 28.1 Å². The number of carboxylic acids is 1. The highest BCUT2D eigenvalue weighted by molar-refractivity contribution is 7.22. The molecule has 2 atom stereocenters. The minimum Gasteiger partial charge on any atom is -0.478 e. The van der Waals surface area contributed by atoms with Crippen molar-refractivity contribution in [2.24, 2.45) is 5.73 Å². The van der Waals surface area contributed by atoms with Crippen molar-refractivity contribution in [1.29, 1.82) is 0 Å². The predicted octanol–water partition coefficient (Wildman–Crippen LogP) is 3.17. The van der Waals surface area contributed by atoms with Gasteiger partial charge in [-0.1, -0.05) is 22.9 Å². The molecular weight excluding hydrogens is 442 g/mol. The van der Waals surface area contributed by atoms with E-state index >= 15 is 0 Å². The van der Waals surface area contributed by atoms with E-state index in [4.69, 9.17) is 22.1 Å². The Hall–Kier alpha value is -3.08. The van der Waals surface area contributed by atoms with Gasteiger partial charge in [0.05, 0.1) is 27.2 Å². The minimum absolute atomic E-state index is 0.112. The van der Waals surface area contributed by atoms with Crippen molar-refractivity contribution >= 4 is 61.5 Å². The molecule has 0 saturated heterocycles. The second-order valence-corrected chi connectivity index (χ2v) is 8.41. The summed E-state index contributed by atoms with van der Waals surface area (Å²) in [5.41, 5.74) is 7.78. The van der Waals surface area contributed by atoms with Gasteiger partial charge < -0.3 is 31.1 Å². The number of likely N-dealkylation sites (N-methyl/N-ethyl adjacent to an activating group) is 1. The van der Waals surface area contributed by atoms with Gasteiger partial charge in [-0.2, -0.15) is 0 Å². The number of fused-ring (bicyclic) bond motifs is 2. The molecule has 0 fully saturated rings. The zero-order chi connectivity index (χ0) is 22.3. The number of nitrogens with zero attached hydrogens (tertiary/aromatic N) is 2. The molecule has 4 rings (SSSR count). The average Bonchev–Trinajstić information content (AvgIpc) is 3.24. The van der Waals surface area contributed by atoms with Crippen LogP contribution in [0.5, 0.6) is 0 Å². The lowest BCUT2D eigenvalue weighted by atomic mass is 10.1. The van der Waals surface area contributed by atoms with Crippen molar-refractivity contribution < 1.29 is 19.4 Å². The van der Waals surface area contributed by atoms with Crippen LogP contribution in [0.15, 0.2) is 36.4 Å². The Balaban J connectivity index is 1.84. The van der Waals surface area contributed by atoms with Crippen LogP contribution in [0.3, 0.4) is 0 Å². The van der Waals surface area contributed by atoms with Crippen molar-refractivity contribution in [2.75, 3.05) is 29.2 Å². The summed E-state index contributed by atoms with van der Waals surface area (Å²) in [6, 6.07) is 10.1. The van der Waals surface area contributed by atoms with Crippen molar-refractivity contribution in [3.8, 4) is 0 Å². The number of nitrogens with one attached hydrogen (secondary N) is 2. The number of carbonyl (C=O) groups is 2. The lowest BCUT2D eigenvalue weighted by molar-refractivity contribution is -0.130. The smallest absolute Gasteiger partial charge is 0.335 e. The first-order valence-electron chi connectivity index (χ1n) is 9.38. The van der Waals surface area contributed by atoms with Gasteiger partial charge in [-0.3, -0.25) is 4.79 Å². The summed E-state index contributed by atoms with van der Waals surface area (Å²) in [6.07, 6.45) is -1.14. The zero-order valence-electron chi connectivity index (χ0n) is 16.7. The highest BCUT2D eigenvalue weighted by atomic mass is 35.5. The number of nitrogens with two attached hydrogens (primary N) is 1. The van der Waals surface area contributed by atoms with Crippen LogP contribution >= 0.6 is 22.9 Å². The molecule has 31 heavy (non-hydrogen) atoms. The number of halogens is 1. The molecule has 0 spiro atoms. The monoisotopic (exact) mass is 461 g/mol. The molecule has 0 saturated carbocycles. The summed E-state index contributed by atoms with van der Waals surface area (Å²) in [6.45, 7) is 2.37. The standard InChI is InChI=1S/C20H20ClN5O4S/c1-3-26-14-7-4-10(18(28)29)8-13(14)24-20(26,16(30-2)17(22)27)25-19-23-12-6-5-11(21)9-15(12)31-19/h4-9,16,24H,3H2,1-2H3,(H2,22,27)(H,23,25)(H,28,29). The number of ether oxygens (including phenoxy) is 1. The van der Waals surface area contributed by atoms with Gasteiger partial charge in [0.15, 0.2) is 11.2 Å². The molecular formula is C20H20ClN5O4S. The number of carboxylic acid groups (broad SMARTS) is 1. The molecule has 2 heterocycles. The maximum atomic E-state index is 12.4. The maximum Gasteiger partial charge on any atom is 0.335 e. The maximum absolute atomic E-state index is 12.4. The molecule has 1 aromatic heterocycles. The van der Waals surface area contributed by atoms with E-state index < -0.39 is 23.8 Å². The average molecular weight is 462 g/mol. The van der Waals surface area contributed by atoms with Crippen LogP contribution in [0, 0.1) is 0 Å². The van der Waals surface area contributed by atoms with Crippen molar-refractivity contribution in [2.45, 2.75) is 18.8 Å². The fourth-order valence-electron chi connectivity index (χ4n) is 3.87. The summed E-state index contributed by atoms with van der Waals surface area (Å²) in [4.78, 5) is 30.3. The van der Waals surface area contributed by atoms with E-state index in [9.17, 15) is 14.7 Å². The Morgan fingerprint density at radius 3 is 2.81 bits per heavy atom. The molecule has 1 amide bonds. The number of benzene rings is 2. The second kappa shape index (κ2) is 7.88. The summed E-state index contributed by atoms with van der Waals surface area (Å²) in [5, 5.41) is 17.0. The number of anilines is 3. The molecule has 162 valence electrons. The van der Waals surface area contributed by atoms with E-state index in [2.05, 4.69) is 15.6 Å². The molecule has 1 aliphatic heterocycles. The number of primary amides is 1. The number of aromatic nitrogens is 1. The van der Waals surface area contributed by atoms with Crippen LogP contribution < -0.4 is 21.3 Å². The lowest BCUT2D eigenvalue weighted by Crippen LogP contribution is -2.68. The normalized spacial score (nSPS) is 18.5. The van der Waals surface area contributed by atoms with Gasteiger partial charge in [0, 0.05) is 18.7 Å². The first kappa shape index (κ1) is 21.2. The topological polar surface area (TPSA) is 130 Å². The zero-order valence-corrected chi connectivity index (χ0v) is 18.3. The second-order valence-electron chi connectivity index (χ2n) is 6.95. The minimum atomic E-state index is -1.33. The molecule has 0 radical (unpaired) electrons. The molecule has 9 nitrogen and oxygen atoms in total. The van der Waals surface area contributed by atoms with Crippen LogP contribution in [0.1, 0.15) is 17.3 Å². The van der Waals surface area contributed by atoms with Gasteiger partial charge >= 0.3 is 5.97 Å². The summed E-state index contributed by atoms with van der Waals surface area (Å²) >= 11 is 7.46. The molecule has 0 bridgehead atoms. The third-order valence-corrected chi connectivity index (χ3v) is 6.29. The Morgan fingerprint density at radius 1 is 1.39 bits per heavy atom. The molecule has 2 aromatic carbocycles. The van der Waals surface area contributed by atoms with Gasteiger partial charge in [0.25, 0.3) is 5.91 Å². The fourth-order valence-corrected chi connectivity index (χ4v) is 5.07. The van der Waals surface area contributed by atoms with Crippen LogP contribution in [0.25, 0.3) is 10.2 Å². The number of thiazole rings is 1. The molecule has 0 aliphatic carbocycles. The number of carbonyl (C=O) groups excluding carboxylic acids is 1. The van der Waals surface area contributed by atoms with Crippen molar-refractivity contribution in [3.63, 3.8) is 0 Å². The largest absolute Gasteiger partial charge is 0.478 e. The summed E-state index contributed by atoms with van der Waals surface area (Å²) < 4.78 is 6.37. The number of hydrogen-bond donors (Lipinski definition) is 4. The third-order valence-electron chi connectivity index (χ3n) is 5.12. The van der Waals surface area contributed by atoms with Gasteiger partial charge in [-0.15, -0.1) is 0 Å². The SMILES string of the molecule is CCN1c2ccc(C(=O)O)cc2NC1(Nc1nc2ccc(Cl)cc2s1)C(OC)C(N)=O. The van der Waals surface area contributed by atoms with Gasteiger partial charge in [-0.25, -0.2) is 9.78 Å². The third kappa shape index (κ3) is 3.52. The van der Waals surface area contributed by atoms with Crippen LogP contribution in [-0.4, -0.2) is 47.5 Å². The van der Waals surface area contributed by atoms with Gasteiger partial charge in [0.1, 0.15) is 0 Å². The van der Waals surface area contributed by atoms with Gasteiger partial charge in [0.2, 0.25) is 5.79 Å². The Labute approximate surface area is 186 Å². The quantitative estimate of drug-likeness (QED) is 0.422. The van der Waals surface area contributed by atoms with E-state index in [-0.39, 0.29) is 5.56 Å². The number of rotatable bonds is 7. The molecule has 3 aromatic rings. The van der Waals surface area contributed by atoms with Crippen molar-refractivity contribution in [1.82, 2.24) is 4.98 Å². The molecule has 2 unspecified atom stereocenters. The van der Waals surface area contributed by atoms with E-state index in [1.54, 1.807) is 12.1 Å².